The van der Waals surface area contributed by atoms with Crippen LogP contribution in [0.15, 0.2) is 18.2 Å². The lowest BCUT2D eigenvalue weighted by Crippen LogP contribution is -2.25. The molecule has 0 aromatic heterocycles. The van der Waals surface area contributed by atoms with Crippen molar-refractivity contribution in [2.24, 2.45) is 0 Å². The summed E-state index contributed by atoms with van der Waals surface area (Å²) >= 11 is 0. The maximum atomic E-state index is 5.96. The summed E-state index contributed by atoms with van der Waals surface area (Å²) in [6, 6.07) is 7.12. The second-order valence-electron chi connectivity index (χ2n) is 6.33. The zero-order valence-corrected chi connectivity index (χ0v) is 13.2. The number of ether oxygens (including phenoxy) is 2. The first kappa shape index (κ1) is 15.3. The van der Waals surface area contributed by atoms with Gasteiger partial charge in [0, 0.05) is 31.7 Å². The molecule has 2 rings (SSSR count). The first-order valence-electron chi connectivity index (χ1n) is 7.51. The van der Waals surface area contributed by atoms with Crippen LogP contribution in [0.3, 0.4) is 0 Å². The fraction of sp³-hybridized carbons (Fsp3) is 0.647. The maximum Gasteiger partial charge on any atom is 0.123 e. The number of nitrogens with one attached hydrogen (secondary N) is 1. The summed E-state index contributed by atoms with van der Waals surface area (Å²) in [6.07, 6.45) is 3.50. The molecule has 0 spiro atoms. The molecule has 1 aromatic rings. The van der Waals surface area contributed by atoms with E-state index in [1.807, 2.05) is 0 Å². The van der Waals surface area contributed by atoms with Crippen LogP contribution in [0, 0.1) is 6.92 Å². The first-order valence-corrected chi connectivity index (χ1v) is 7.51. The van der Waals surface area contributed by atoms with Crippen LogP contribution < -0.4 is 10.1 Å². The standard InChI is InChI=1S/C17H27NO2/c1-13-5-8-16(20-10-9-17(2,3)19-4)14(11-13)12-18-15-6-7-15/h5,8,11,15,18H,6-7,9-10,12H2,1-4H3. The zero-order chi connectivity index (χ0) is 14.6. The van der Waals surface area contributed by atoms with Crippen molar-refractivity contribution in [3.05, 3.63) is 29.3 Å². The molecule has 1 aliphatic carbocycles. The minimum Gasteiger partial charge on any atom is -0.493 e. The van der Waals surface area contributed by atoms with Crippen LogP contribution in [0.25, 0.3) is 0 Å². The third-order valence-corrected chi connectivity index (χ3v) is 3.89. The molecule has 3 nitrogen and oxygen atoms in total. The number of methoxy groups -OCH3 is 1. The number of rotatable bonds is 8. The van der Waals surface area contributed by atoms with Crippen LogP contribution in [0.5, 0.6) is 5.75 Å². The molecule has 20 heavy (non-hydrogen) atoms. The van der Waals surface area contributed by atoms with E-state index < -0.39 is 0 Å². The van der Waals surface area contributed by atoms with Gasteiger partial charge in [-0.3, -0.25) is 0 Å². The van der Waals surface area contributed by atoms with Crippen molar-refractivity contribution in [3.63, 3.8) is 0 Å². The fourth-order valence-electron chi connectivity index (χ4n) is 2.04. The first-order chi connectivity index (χ1) is 9.50. The molecule has 0 radical (unpaired) electrons. The lowest BCUT2D eigenvalue weighted by atomic mass is 10.1. The minimum atomic E-state index is -0.128. The van der Waals surface area contributed by atoms with E-state index in [1.165, 1.54) is 24.0 Å². The van der Waals surface area contributed by atoms with Crippen LogP contribution >= 0.6 is 0 Å². The molecule has 3 heteroatoms. The van der Waals surface area contributed by atoms with Gasteiger partial charge in [-0.2, -0.15) is 0 Å². The van der Waals surface area contributed by atoms with Gasteiger partial charge >= 0.3 is 0 Å². The fourth-order valence-corrected chi connectivity index (χ4v) is 2.04. The van der Waals surface area contributed by atoms with Crippen LogP contribution in [0.1, 0.15) is 44.2 Å². The average molecular weight is 277 g/mol. The van der Waals surface area contributed by atoms with Gasteiger partial charge < -0.3 is 14.8 Å². The largest absolute Gasteiger partial charge is 0.493 e. The zero-order valence-electron chi connectivity index (χ0n) is 13.2. The summed E-state index contributed by atoms with van der Waals surface area (Å²) in [4.78, 5) is 0. The van der Waals surface area contributed by atoms with Gasteiger partial charge in [0.05, 0.1) is 12.2 Å². The normalized spacial score (nSPS) is 15.4. The van der Waals surface area contributed by atoms with Gasteiger partial charge in [-0.15, -0.1) is 0 Å². The van der Waals surface area contributed by atoms with Gasteiger partial charge in [0.1, 0.15) is 5.75 Å². The van der Waals surface area contributed by atoms with Crippen molar-refractivity contribution >= 4 is 0 Å². The molecular weight excluding hydrogens is 250 g/mol. The van der Waals surface area contributed by atoms with E-state index in [2.05, 4.69) is 44.3 Å². The second-order valence-corrected chi connectivity index (χ2v) is 6.33. The van der Waals surface area contributed by atoms with E-state index in [0.29, 0.717) is 6.61 Å². The summed E-state index contributed by atoms with van der Waals surface area (Å²) in [7, 11) is 1.75. The molecule has 0 amide bonds. The summed E-state index contributed by atoms with van der Waals surface area (Å²) in [5.74, 6) is 0.996. The monoisotopic (exact) mass is 277 g/mol. The number of benzene rings is 1. The molecule has 1 fully saturated rings. The van der Waals surface area contributed by atoms with Crippen molar-refractivity contribution in [2.75, 3.05) is 13.7 Å². The highest BCUT2D eigenvalue weighted by molar-refractivity contribution is 5.37. The molecule has 1 saturated carbocycles. The Morgan fingerprint density at radius 1 is 1.30 bits per heavy atom. The SMILES string of the molecule is COC(C)(C)CCOc1ccc(C)cc1CNC1CC1. The van der Waals surface area contributed by atoms with Gasteiger partial charge in [-0.25, -0.2) is 0 Å². The molecule has 0 saturated heterocycles. The highest BCUT2D eigenvalue weighted by atomic mass is 16.5. The van der Waals surface area contributed by atoms with E-state index in [1.54, 1.807) is 7.11 Å². The lowest BCUT2D eigenvalue weighted by molar-refractivity contribution is 0.00537. The Labute approximate surface area is 122 Å². The summed E-state index contributed by atoms with van der Waals surface area (Å²) in [5.41, 5.74) is 2.41. The molecule has 112 valence electrons. The van der Waals surface area contributed by atoms with Crippen LogP contribution in [0.4, 0.5) is 0 Å². The molecule has 1 aromatic carbocycles. The van der Waals surface area contributed by atoms with E-state index in [9.17, 15) is 0 Å². The summed E-state index contributed by atoms with van der Waals surface area (Å²) < 4.78 is 11.4. The van der Waals surface area contributed by atoms with Gasteiger partial charge in [-0.1, -0.05) is 17.7 Å². The Bertz CT molecular complexity index is 439. The highest BCUT2D eigenvalue weighted by Crippen LogP contribution is 2.24. The molecule has 0 atom stereocenters. The van der Waals surface area contributed by atoms with Gasteiger partial charge in [0.2, 0.25) is 0 Å². The van der Waals surface area contributed by atoms with E-state index in [0.717, 1.165) is 24.8 Å². The smallest absolute Gasteiger partial charge is 0.123 e. The molecule has 0 unspecified atom stereocenters. The summed E-state index contributed by atoms with van der Waals surface area (Å²) in [6.45, 7) is 7.87. The Hall–Kier alpha value is -1.06. The van der Waals surface area contributed by atoms with Gasteiger partial charge in [0.15, 0.2) is 0 Å². The van der Waals surface area contributed by atoms with Gasteiger partial charge in [-0.05, 0) is 39.7 Å². The van der Waals surface area contributed by atoms with Crippen molar-refractivity contribution in [1.29, 1.82) is 0 Å². The Morgan fingerprint density at radius 2 is 2.05 bits per heavy atom. The third-order valence-electron chi connectivity index (χ3n) is 3.89. The molecule has 0 heterocycles. The Balaban J connectivity index is 1.91. The molecule has 1 aliphatic rings. The van der Waals surface area contributed by atoms with E-state index in [-0.39, 0.29) is 5.60 Å². The Morgan fingerprint density at radius 3 is 2.70 bits per heavy atom. The highest BCUT2D eigenvalue weighted by Gasteiger charge is 2.21. The molecule has 0 aliphatic heterocycles. The number of hydrogen-bond acceptors (Lipinski definition) is 3. The maximum absolute atomic E-state index is 5.96. The topological polar surface area (TPSA) is 30.5 Å². The second kappa shape index (κ2) is 6.59. The molecular formula is C17H27NO2. The number of aryl methyl sites for hydroxylation is 1. The number of hydrogen-bond donors (Lipinski definition) is 1. The quantitative estimate of drug-likeness (QED) is 0.789. The van der Waals surface area contributed by atoms with Crippen molar-refractivity contribution in [1.82, 2.24) is 5.32 Å². The van der Waals surface area contributed by atoms with Crippen molar-refractivity contribution in [3.8, 4) is 5.75 Å². The third kappa shape index (κ3) is 4.80. The van der Waals surface area contributed by atoms with E-state index in [4.69, 9.17) is 9.47 Å². The Kier molecular flexibility index (Phi) is 5.06. The van der Waals surface area contributed by atoms with Crippen molar-refractivity contribution in [2.45, 2.75) is 58.2 Å². The van der Waals surface area contributed by atoms with Crippen LogP contribution in [0.2, 0.25) is 0 Å². The summed E-state index contributed by atoms with van der Waals surface area (Å²) in [5, 5.41) is 3.55. The van der Waals surface area contributed by atoms with Crippen LogP contribution in [-0.4, -0.2) is 25.4 Å². The predicted octanol–water partition coefficient (Wildman–Crippen LogP) is 3.44. The lowest BCUT2D eigenvalue weighted by Gasteiger charge is -2.23. The predicted molar refractivity (Wildman–Crippen MR) is 82.2 cm³/mol. The average Bonchev–Trinajstić information content (AvgIpc) is 3.22. The minimum absolute atomic E-state index is 0.128. The van der Waals surface area contributed by atoms with E-state index >= 15 is 0 Å². The van der Waals surface area contributed by atoms with Gasteiger partial charge in [0.25, 0.3) is 0 Å². The molecule has 0 bridgehead atoms. The van der Waals surface area contributed by atoms with Crippen LogP contribution in [-0.2, 0) is 11.3 Å². The van der Waals surface area contributed by atoms with Crippen molar-refractivity contribution < 1.29 is 9.47 Å². The molecule has 1 N–H and O–H groups in total.